The largest absolute Gasteiger partial charge is 0.396 e. The highest BCUT2D eigenvalue weighted by Crippen LogP contribution is 2.24. The van der Waals surface area contributed by atoms with Crippen molar-refractivity contribution in [2.45, 2.75) is 38.3 Å². The van der Waals surface area contributed by atoms with E-state index in [4.69, 9.17) is 10.1 Å². The van der Waals surface area contributed by atoms with Crippen molar-refractivity contribution in [2.75, 3.05) is 45.9 Å². The minimum atomic E-state index is -4.33. The summed E-state index contributed by atoms with van der Waals surface area (Å²) in [5.74, 6) is -0.440. The molecule has 0 spiro atoms. The number of pyridine rings is 1. The molecule has 0 bridgehead atoms. The van der Waals surface area contributed by atoms with Gasteiger partial charge in [0.1, 0.15) is 18.0 Å². The molecule has 1 saturated heterocycles. The van der Waals surface area contributed by atoms with Gasteiger partial charge >= 0.3 is 6.18 Å². The van der Waals surface area contributed by atoms with Crippen molar-refractivity contribution >= 4 is 17.6 Å². The number of hydrogen-bond donors (Lipinski definition) is 0. The number of carbonyl (C=O) groups is 1. The number of hydrogen-bond acceptors (Lipinski definition) is 7. The Labute approximate surface area is 231 Å². The van der Waals surface area contributed by atoms with Gasteiger partial charge in [0.05, 0.1) is 30.6 Å². The number of rotatable bonds is 13. The number of ketones is 1. The van der Waals surface area contributed by atoms with Crippen molar-refractivity contribution < 1.29 is 22.8 Å². The third-order valence-electron chi connectivity index (χ3n) is 6.84. The zero-order chi connectivity index (χ0) is 28.4. The SMILES string of the molecule is N#CCCN1CCN(CCCON=Cc2ccn3c(-c4cccc(CC(=O)CCC(F)(F)F)c4)cnc3c2)CC1. The number of piperazine rings is 1. The minimum absolute atomic E-state index is 0.0404. The zero-order valence-electron chi connectivity index (χ0n) is 22.3. The maximum atomic E-state index is 12.4. The standard InChI is InChI=1S/C29H33F3N6O2/c30-29(31,32)8-6-26(39)19-23-4-1-5-25(18-23)27-22-34-28-20-24(7-12-38(27)28)21-35-40-17-3-11-37-15-13-36(14-16-37)10-2-9-33/h1,4-5,7,12,18,20-22H,2-3,6,8,10-11,13-17,19H2. The van der Waals surface area contributed by atoms with Crippen LogP contribution in [0.3, 0.4) is 0 Å². The Morgan fingerprint density at radius 3 is 2.65 bits per heavy atom. The Balaban J connectivity index is 1.25. The smallest absolute Gasteiger partial charge is 0.389 e. The summed E-state index contributed by atoms with van der Waals surface area (Å²) in [6, 6.07) is 13.2. The van der Waals surface area contributed by atoms with Gasteiger partial charge in [-0.15, -0.1) is 0 Å². The molecule has 8 nitrogen and oxygen atoms in total. The van der Waals surface area contributed by atoms with E-state index in [9.17, 15) is 18.0 Å². The summed E-state index contributed by atoms with van der Waals surface area (Å²) in [4.78, 5) is 26.7. The molecule has 0 radical (unpaired) electrons. The van der Waals surface area contributed by atoms with Crippen LogP contribution in [0.1, 0.15) is 36.8 Å². The van der Waals surface area contributed by atoms with Crippen molar-refractivity contribution in [3.05, 3.63) is 59.9 Å². The van der Waals surface area contributed by atoms with Crippen molar-refractivity contribution in [3.63, 3.8) is 0 Å². The lowest BCUT2D eigenvalue weighted by Gasteiger charge is -2.34. The number of benzene rings is 1. The van der Waals surface area contributed by atoms with Crippen LogP contribution >= 0.6 is 0 Å². The number of halogens is 3. The first-order chi connectivity index (χ1) is 19.3. The average molecular weight is 555 g/mol. The lowest BCUT2D eigenvalue weighted by molar-refractivity contribution is -0.143. The molecule has 0 atom stereocenters. The molecule has 2 aromatic heterocycles. The minimum Gasteiger partial charge on any atom is -0.396 e. The van der Waals surface area contributed by atoms with Crippen LogP contribution in [0.4, 0.5) is 13.2 Å². The third-order valence-corrected chi connectivity index (χ3v) is 6.84. The first-order valence-corrected chi connectivity index (χ1v) is 13.4. The van der Waals surface area contributed by atoms with Crippen molar-refractivity contribution in [1.82, 2.24) is 19.2 Å². The van der Waals surface area contributed by atoms with Crippen LogP contribution in [0.25, 0.3) is 16.9 Å². The summed E-state index contributed by atoms with van der Waals surface area (Å²) >= 11 is 0. The van der Waals surface area contributed by atoms with Crippen molar-refractivity contribution in [3.8, 4) is 17.3 Å². The van der Waals surface area contributed by atoms with Gasteiger partial charge in [0.2, 0.25) is 0 Å². The number of aromatic nitrogens is 2. The second-order valence-electron chi connectivity index (χ2n) is 9.88. The topological polar surface area (TPSA) is 86.2 Å². The molecule has 1 aliphatic rings. The van der Waals surface area contributed by atoms with E-state index in [2.05, 4.69) is 26.0 Å². The molecule has 0 aliphatic carbocycles. The van der Waals surface area contributed by atoms with Gasteiger partial charge in [-0.25, -0.2) is 4.98 Å². The molecule has 11 heteroatoms. The summed E-state index contributed by atoms with van der Waals surface area (Å²) in [6.07, 6.45) is 0.717. The summed E-state index contributed by atoms with van der Waals surface area (Å²) in [5.41, 5.74) is 3.84. The number of carbonyl (C=O) groups excluding carboxylic acids is 1. The molecule has 0 unspecified atom stereocenters. The fourth-order valence-electron chi connectivity index (χ4n) is 4.68. The maximum absolute atomic E-state index is 12.4. The van der Waals surface area contributed by atoms with Crippen LogP contribution in [0.2, 0.25) is 0 Å². The van der Waals surface area contributed by atoms with Gasteiger partial charge < -0.3 is 9.74 Å². The van der Waals surface area contributed by atoms with Gasteiger partial charge in [-0.05, 0) is 30.2 Å². The summed E-state index contributed by atoms with van der Waals surface area (Å²) in [6.45, 7) is 6.32. The highest BCUT2D eigenvalue weighted by molar-refractivity contribution is 5.82. The Hall–Kier alpha value is -3.75. The second-order valence-corrected chi connectivity index (χ2v) is 9.88. The van der Waals surface area contributed by atoms with E-state index >= 15 is 0 Å². The number of Topliss-reactive ketones (excluding diaryl/α,β-unsaturated/α-hetero) is 1. The van der Waals surface area contributed by atoms with E-state index in [0.717, 1.165) is 62.5 Å². The molecule has 3 aromatic rings. The Morgan fingerprint density at radius 2 is 1.90 bits per heavy atom. The Bertz CT molecular complexity index is 1340. The van der Waals surface area contributed by atoms with E-state index in [-0.39, 0.29) is 6.42 Å². The number of fused-ring (bicyclic) bond motifs is 1. The highest BCUT2D eigenvalue weighted by Gasteiger charge is 2.27. The van der Waals surface area contributed by atoms with E-state index in [1.165, 1.54) is 0 Å². The number of oxime groups is 1. The number of alkyl halides is 3. The molecule has 1 aliphatic heterocycles. The molecule has 0 N–H and O–H groups in total. The van der Waals surface area contributed by atoms with Crippen LogP contribution in [-0.2, 0) is 16.1 Å². The van der Waals surface area contributed by atoms with Crippen LogP contribution in [-0.4, -0.2) is 83.2 Å². The lowest BCUT2D eigenvalue weighted by atomic mass is 10.0. The van der Waals surface area contributed by atoms with Crippen LogP contribution < -0.4 is 0 Å². The van der Waals surface area contributed by atoms with Gasteiger partial charge in [0.25, 0.3) is 0 Å². The first kappa shape index (κ1) is 29.2. The average Bonchev–Trinajstić information content (AvgIpc) is 3.36. The predicted octanol–water partition coefficient (Wildman–Crippen LogP) is 4.73. The van der Waals surface area contributed by atoms with Gasteiger partial charge in [-0.3, -0.25) is 14.1 Å². The molecular weight excluding hydrogens is 521 g/mol. The number of nitriles is 1. The molecule has 4 rings (SSSR count). The molecule has 3 heterocycles. The molecule has 40 heavy (non-hydrogen) atoms. The van der Waals surface area contributed by atoms with Crippen LogP contribution in [0.15, 0.2) is 53.9 Å². The predicted molar refractivity (Wildman–Crippen MR) is 146 cm³/mol. The maximum Gasteiger partial charge on any atom is 0.389 e. The van der Waals surface area contributed by atoms with Crippen LogP contribution in [0.5, 0.6) is 0 Å². The fourth-order valence-corrected chi connectivity index (χ4v) is 4.68. The molecular formula is C29H33F3N6O2. The van der Waals surface area contributed by atoms with E-state index in [0.29, 0.717) is 24.2 Å². The Kier molecular flexibility index (Phi) is 10.3. The van der Waals surface area contributed by atoms with Gasteiger partial charge in [-0.2, -0.15) is 18.4 Å². The lowest BCUT2D eigenvalue weighted by Crippen LogP contribution is -2.46. The van der Waals surface area contributed by atoms with Gasteiger partial charge in [0, 0.05) is 75.9 Å². The number of imidazole rings is 1. The molecule has 0 amide bonds. The van der Waals surface area contributed by atoms with Crippen molar-refractivity contribution in [1.29, 1.82) is 5.26 Å². The number of nitrogens with zero attached hydrogens (tertiary/aromatic N) is 6. The quantitative estimate of drug-likeness (QED) is 0.173. The summed E-state index contributed by atoms with van der Waals surface area (Å²) < 4.78 is 39.1. The van der Waals surface area contributed by atoms with Crippen LogP contribution in [0, 0.1) is 11.3 Å². The van der Waals surface area contributed by atoms with E-state index in [1.54, 1.807) is 24.5 Å². The monoisotopic (exact) mass is 554 g/mol. The first-order valence-electron chi connectivity index (χ1n) is 13.4. The summed E-state index contributed by atoms with van der Waals surface area (Å²) in [7, 11) is 0. The molecule has 0 saturated carbocycles. The van der Waals surface area contributed by atoms with Gasteiger partial charge in [-0.1, -0.05) is 23.4 Å². The van der Waals surface area contributed by atoms with Gasteiger partial charge in [0.15, 0.2) is 0 Å². The highest BCUT2D eigenvalue weighted by atomic mass is 19.4. The Morgan fingerprint density at radius 1 is 1.12 bits per heavy atom. The normalized spacial score (nSPS) is 15.1. The molecule has 1 fully saturated rings. The molecule has 212 valence electrons. The summed E-state index contributed by atoms with van der Waals surface area (Å²) in [5, 5.41) is 12.8. The van der Waals surface area contributed by atoms with Crippen molar-refractivity contribution in [2.24, 2.45) is 5.16 Å². The van der Waals surface area contributed by atoms with E-state index in [1.807, 2.05) is 34.9 Å². The zero-order valence-corrected chi connectivity index (χ0v) is 22.3. The van der Waals surface area contributed by atoms with E-state index < -0.39 is 24.8 Å². The second kappa shape index (κ2) is 14.1. The third kappa shape index (κ3) is 8.89. The fraction of sp³-hybridized carbons (Fsp3) is 0.448. The molecule has 1 aromatic carbocycles.